The van der Waals surface area contributed by atoms with Gasteiger partial charge in [0.25, 0.3) is 0 Å². The van der Waals surface area contributed by atoms with Crippen LogP contribution in [0.5, 0.6) is 0 Å². The molecule has 0 radical (unpaired) electrons. The highest BCUT2D eigenvalue weighted by Gasteiger charge is 2.13. The van der Waals surface area contributed by atoms with Gasteiger partial charge in [-0.15, -0.1) is 0 Å². The van der Waals surface area contributed by atoms with Crippen LogP contribution >= 0.6 is 11.5 Å². The maximum atomic E-state index is 10.3. The molecule has 0 aliphatic rings. The van der Waals surface area contributed by atoms with E-state index in [-0.39, 0.29) is 0 Å². The monoisotopic (exact) mass is 261 g/mol. The predicted molar refractivity (Wildman–Crippen MR) is 76.1 cm³/mol. The van der Waals surface area contributed by atoms with Crippen LogP contribution in [0.15, 0.2) is 30.3 Å². The van der Waals surface area contributed by atoms with Gasteiger partial charge in [0.15, 0.2) is 0 Å². The van der Waals surface area contributed by atoms with E-state index in [2.05, 4.69) is 30.4 Å². The van der Waals surface area contributed by atoms with Gasteiger partial charge in [0.1, 0.15) is 6.10 Å². The first kappa shape index (κ1) is 13.2. The van der Waals surface area contributed by atoms with Crippen LogP contribution in [0.2, 0.25) is 0 Å². The van der Waals surface area contributed by atoms with Gasteiger partial charge in [-0.2, -0.15) is 4.37 Å². The number of hydrogen-bond acceptors (Lipinski definition) is 3. The van der Waals surface area contributed by atoms with Crippen molar-refractivity contribution in [1.82, 2.24) is 4.37 Å². The van der Waals surface area contributed by atoms with E-state index in [0.29, 0.717) is 5.92 Å². The smallest absolute Gasteiger partial charge is 0.115 e. The van der Waals surface area contributed by atoms with Gasteiger partial charge in [-0.25, -0.2) is 0 Å². The molecule has 1 N–H and O–H groups in total. The summed E-state index contributed by atoms with van der Waals surface area (Å²) in [6.07, 6.45) is 0.581. The number of nitrogens with zero attached hydrogens (tertiary/aromatic N) is 1. The summed E-state index contributed by atoms with van der Waals surface area (Å²) in [7, 11) is 0. The molecular formula is C15H19NOS. The summed E-state index contributed by atoms with van der Waals surface area (Å²) in [5.74, 6) is 0.571. The van der Waals surface area contributed by atoms with Crippen LogP contribution in [-0.4, -0.2) is 9.48 Å². The highest BCUT2D eigenvalue weighted by molar-refractivity contribution is 7.05. The molecule has 0 spiro atoms. The predicted octanol–water partition coefficient (Wildman–Crippen LogP) is 4.05. The van der Waals surface area contributed by atoms with E-state index in [0.717, 1.165) is 22.6 Å². The Morgan fingerprint density at radius 1 is 1.22 bits per heavy atom. The molecule has 0 aliphatic carbocycles. The maximum absolute atomic E-state index is 10.3. The van der Waals surface area contributed by atoms with Crippen LogP contribution in [0.1, 0.15) is 54.0 Å². The second kappa shape index (κ2) is 5.63. The molecule has 1 aromatic carbocycles. The van der Waals surface area contributed by atoms with E-state index in [1.165, 1.54) is 17.1 Å². The highest BCUT2D eigenvalue weighted by Crippen LogP contribution is 2.27. The van der Waals surface area contributed by atoms with Gasteiger partial charge in [0.2, 0.25) is 0 Å². The summed E-state index contributed by atoms with van der Waals surface area (Å²) in [5, 5.41) is 10.3. The molecule has 1 heterocycles. The van der Waals surface area contributed by atoms with Gasteiger partial charge < -0.3 is 5.11 Å². The van der Waals surface area contributed by atoms with Crippen molar-refractivity contribution in [3.8, 4) is 0 Å². The Hall–Kier alpha value is -1.19. The second-order valence-electron chi connectivity index (χ2n) is 4.75. The van der Waals surface area contributed by atoms with Crippen molar-refractivity contribution >= 4 is 11.5 Å². The Labute approximate surface area is 112 Å². The van der Waals surface area contributed by atoms with Crippen molar-refractivity contribution < 1.29 is 5.11 Å². The first-order valence-electron chi connectivity index (χ1n) is 6.33. The Bertz CT molecular complexity index is 503. The van der Waals surface area contributed by atoms with Gasteiger partial charge in [-0.3, -0.25) is 0 Å². The highest BCUT2D eigenvalue weighted by atomic mass is 32.1. The summed E-state index contributed by atoms with van der Waals surface area (Å²) in [6.45, 7) is 6.35. The minimum atomic E-state index is -0.554. The average Bonchev–Trinajstić information content (AvgIpc) is 2.84. The molecule has 2 atom stereocenters. The summed E-state index contributed by atoms with van der Waals surface area (Å²) in [6, 6.07) is 10.2. The van der Waals surface area contributed by atoms with Gasteiger partial charge >= 0.3 is 0 Å². The molecule has 2 rings (SSSR count). The average molecular weight is 261 g/mol. The minimum Gasteiger partial charge on any atom is -0.383 e. The molecule has 2 aromatic rings. The molecular weight excluding hydrogens is 242 g/mol. The van der Waals surface area contributed by atoms with Crippen molar-refractivity contribution in [2.24, 2.45) is 0 Å². The van der Waals surface area contributed by atoms with Gasteiger partial charge in [-0.1, -0.05) is 38.1 Å². The first-order valence-corrected chi connectivity index (χ1v) is 7.10. The van der Waals surface area contributed by atoms with Crippen LogP contribution in [0.4, 0.5) is 0 Å². The lowest BCUT2D eigenvalue weighted by atomic mass is 9.96. The third-order valence-electron chi connectivity index (χ3n) is 3.35. The van der Waals surface area contributed by atoms with Crippen molar-refractivity contribution in [2.75, 3.05) is 0 Å². The van der Waals surface area contributed by atoms with E-state index in [4.69, 9.17) is 0 Å². The van der Waals surface area contributed by atoms with Crippen LogP contribution in [0.3, 0.4) is 0 Å². The molecule has 0 aliphatic heterocycles. The van der Waals surface area contributed by atoms with Gasteiger partial charge in [-0.05, 0) is 48.0 Å². The third kappa shape index (κ3) is 2.79. The number of aryl methyl sites for hydroxylation is 1. The standard InChI is InChI=1S/C15H19NOS/c1-4-10(2)12-5-7-13(8-6-12)15(17)14-9-11(3)16-18-14/h5-10,15,17H,4H2,1-3H3/t10-,15-/m0/s1. The third-order valence-corrected chi connectivity index (χ3v) is 4.28. The minimum absolute atomic E-state index is 0.554. The lowest BCUT2D eigenvalue weighted by Gasteiger charge is -2.12. The fourth-order valence-electron chi connectivity index (χ4n) is 1.92. The van der Waals surface area contributed by atoms with E-state index in [9.17, 15) is 5.11 Å². The molecule has 1 aromatic heterocycles. The number of hydrogen-bond donors (Lipinski definition) is 1. The first-order chi connectivity index (χ1) is 8.61. The number of aromatic nitrogens is 1. The molecule has 0 saturated carbocycles. The molecule has 0 fully saturated rings. The largest absolute Gasteiger partial charge is 0.383 e. The second-order valence-corrected chi connectivity index (χ2v) is 5.59. The van der Waals surface area contributed by atoms with Crippen LogP contribution < -0.4 is 0 Å². The zero-order chi connectivity index (χ0) is 13.1. The molecule has 0 unspecified atom stereocenters. The molecule has 0 bridgehead atoms. The van der Waals surface area contributed by atoms with Crippen molar-refractivity contribution in [2.45, 2.75) is 39.2 Å². The zero-order valence-electron chi connectivity index (χ0n) is 11.1. The molecule has 18 heavy (non-hydrogen) atoms. The van der Waals surface area contributed by atoms with E-state index >= 15 is 0 Å². The summed E-state index contributed by atoms with van der Waals surface area (Å²) in [4.78, 5) is 0.906. The Morgan fingerprint density at radius 2 is 1.83 bits per heavy atom. The summed E-state index contributed by atoms with van der Waals surface area (Å²) in [5.41, 5.74) is 3.23. The normalized spacial score (nSPS) is 14.4. The van der Waals surface area contributed by atoms with Crippen molar-refractivity contribution in [1.29, 1.82) is 0 Å². The van der Waals surface area contributed by atoms with Gasteiger partial charge in [0, 0.05) is 0 Å². The summed E-state index contributed by atoms with van der Waals surface area (Å²) < 4.78 is 4.20. The van der Waals surface area contributed by atoms with Crippen molar-refractivity contribution in [3.05, 3.63) is 52.0 Å². The zero-order valence-corrected chi connectivity index (χ0v) is 11.9. The molecule has 0 amide bonds. The summed E-state index contributed by atoms with van der Waals surface area (Å²) >= 11 is 1.37. The van der Waals surface area contributed by atoms with E-state index < -0.39 is 6.10 Å². The van der Waals surface area contributed by atoms with E-state index in [1.54, 1.807) is 0 Å². The van der Waals surface area contributed by atoms with Gasteiger partial charge in [0.05, 0.1) is 10.6 Å². The SMILES string of the molecule is CC[C@H](C)c1ccc([C@H](O)c2cc(C)ns2)cc1. The molecule has 2 nitrogen and oxygen atoms in total. The van der Waals surface area contributed by atoms with Crippen molar-refractivity contribution in [3.63, 3.8) is 0 Å². The Morgan fingerprint density at radius 3 is 2.33 bits per heavy atom. The molecule has 0 saturated heterocycles. The number of aliphatic hydroxyl groups is 1. The van der Waals surface area contributed by atoms with Crippen LogP contribution in [0, 0.1) is 6.92 Å². The quantitative estimate of drug-likeness (QED) is 0.900. The fraction of sp³-hybridized carbons (Fsp3) is 0.400. The lowest BCUT2D eigenvalue weighted by molar-refractivity contribution is 0.224. The number of benzene rings is 1. The fourth-order valence-corrected chi connectivity index (χ4v) is 2.68. The Balaban J connectivity index is 2.19. The maximum Gasteiger partial charge on any atom is 0.115 e. The van der Waals surface area contributed by atoms with E-state index in [1.807, 2.05) is 25.1 Å². The Kier molecular flexibility index (Phi) is 4.15. The number of aliphatic hydroxyl groups excluding tert-OH is 1. The lowest BCUT2D eigenvalue weighted by Crippen LogP contribution is -1.98. The van der Waals surface area contributed by atoms with Crippen LogP contribution in [-0.2, 0) is 0 Å². The number of rotatable bonds is 4. The molecule has 3 heteroatoms. The topological polar surface area (TPSA) is 33.1 Å². The van der Waals surface area contributed by atoms with Crippen LogP contribution in [0.25, 0.3) is 0 Å². The molecule has 96 valence electrons.